The van der Waals surface area contributed by atoms with Gasteiger partial charge in [-0.3, -0.25) is 0 Å². The Morgan fingerprint density at radius 2 is 0.938 bits per heavy atom. The maximum Gasteiger partial charge on any atom is -0.00258 e. The highest BCUT2D eigenvalue weighted by Gasteiger charge is 1.92. The summed E-state index contributed by atoms with van der Waals surface area (Å²) in [4.78, 5) is 0. The molecule has 2 rings (SSSR count). The molecule has 0 aromatic heterocycles. The zero-order valence-corrected chi connectivity index (χ0v) is 10.2. The van der Waals surface area contributed by atoms with Gasteiger partial charge in [0.1, 0.15) is 0 Å². The van der Waals surface area contributed by atoms with Crippen molar-refractivity contribution in [2.24, 2.45) is 0 Å². The zero-order chi connectivity index (χ0) is 11.6. The molecular weight excluding hydrogens is 192 g/mol. The molecule has 0 saturated heterocycles. The largest absolute Gasteiger partial charge is 0.0656 e. The summed E-state index contributed by atoms with van der Waals surface area (Å²) < 4.78 is 0. The van der Waals surface area contributed by atoms with Crippen molar-refractivity contribution in [2.45, 2.75) is 26.7 Å². The number of hydrogen-bond acceptors (Lipinski definition) is 0. The van der Waals surface area contributed by atoms with Crippen LogP contribution < -0.4 is 0 Å². The first kappa shape index (κ1) is 12.5. The molecule has 0 spiro atoms. The minimum Gasteiger partial charge on any atom is -0.0656 e. The summed E-state index contributed by atoms with van der Waals surface area (Å²) in [7, 11) is 0. The third-order valence-electron chi connectivity index (χ3n) is 2.09. The van der Waals surface area contributed by atoms with Crippen LogP contribution in [0.1, 0.15) is 31.4 Å². The van der Waals surface area contributed by atoms with Gasteiger partial charge in [0.2, 0.25) is 0 Å². The van der Waals surface area contributed by atoms with Crippen LogP contribution in [0, 0.1) is 0 Å². The molecule has 0 unspecified atom stereocenters. The van der Waals surface area contributed by atoms with Gasteiger partial charge in [-0.15, -0.1) is 0 Å². The molecule has 0 fully saturated rings. The number of hydrogen-bond donors (Lipinski definition) is 0. The van der Waals surface area contributed by atoms with E-state index >= 15 is 0 Å². The second-order valence-electron chi connectivity index (χ2n) is 3.86. The van der Waals surface area contributed by atoms with Crippen LogP contribution in [0.15, 0.2) is 60.7 Å². The minimum atomic E-state index is 1.03. The normalized spacial score (nSPS) is 9.12. The fraction of sp³-hybridized carbons (Fsp3) is 0.250. The van der Waals surface area contributed by atoms with E-state index in [0.29, 0.717) is 0 Å². The van der Waals surface area contributed by atoms with E-state index < -0.39 is 0 Å². The number of rotatable bonds is 2. The molecule has 0 radical (unpaired) electrons. The van der Waals surface area contributed by atoms with Crippen LogP contribution in [0.4, 0.5) is 0 Å². The molecule has 0 saturated carbocycles. The van der Waals surface area contributed by atoms with E-state index in [1.165, 1.54) is 17.5 Å². The average Bonchev–Trinajstić information content (AvgIpc) is 2.33. The Balaban J connectivity index is 0.000000386. The van der Waals surface area contributed by atoms with Crippen molar-refractivity contribution in [3.05, 3.63) is 71.8 Å². The van der Waals surface area contributed by atoms with Gasteiger partial charge < -0.3 is 0 Å². The fourth-order valence-electron chi connectivity index (χ4n) is 1.43. The summed E-state index contributed by atoms with van der Waals surface area (Å²) in [5.41, 5.74) is 2.74. The lowest BCUT2D eigenvalue weighted by Crippen LogP contribution is -1.85. The standard InChI is InChI=1S/C13H12.C3H8/c1-3-7-12(8-4-1)11-13-9-5-2-6-10-13;1-3-2/h1-10H,11H2;3H2,1-2H3. The van der Waals surface area contributed by atoms with Gasteiger partial charge in [0.15, 0.2) is 0 Å². The summed E-state index contributed by atoms with van der Waals surface area (Å²) in [5.74, 6) is 0. The molecule has 0 aliphatic rings. The third-order valence-corrected chi connectivity index (χ3v) is 2.09. The summed E-state index contributed by atoms with van der Waals surface area (Å²) in [6, 6.07) is 21.1. The Labute approximate surface area is 99.0 Å². The first-order chi connectivity index (χ1) is 7.86. The van der Waals surface area contributed by atoms with Crippen molar-refractivity contribution in [3.63, 3.8) is 0 Å². The molecule has 0 nitrogen and oxygen atoms in total. The smallest absolute Gasteiger partial charge is 0.00258 e. The van der Waals surface area contributed by atoms with Gasteiger partial charge in [0.25, 0.3) is 0 Å². The SMILES string of the molecule is CCC.c1ccc(Cc2ccccc2)cc1. The van der Waals surface area contributed by atoms with Crippen LogP contribution in [-0.2, 0) is 6.42 Å². The van der Waals surface area contributed by atoms with E-state index in [0.717, 1.165) is 6.42 Å². The van der Waals surface area contributed by atoms with E-state index in [-0.39, 0.29) is 0 Å². The highest BCUT2D eigenvalue weighted by molar-refractivity contribution is 5.25. The molecule has 2 aromatic carbocycles. The second-order valence-corrected chi connectivity index (χ2v) is 3.86. The van der Waals surface area contributed by atoms with E-state index in [1.54, 1.807) is 0 Å². The molecule has 0 aliphatic heterocycles. The lowest BCUT2D eigenvalue weighted by molar-refractivity contribution is 1.09. The van der Waals surface area contributed by atoms with E-state index in [4.69, 9.17) is 0 Å². The predicted octanol–water partition coefficient (Wildman–Crippen LogP) is 4.69. The summed E-state index contributed by atoms with van der Waals surface area (Å²) in [6.07, 6.45) is 2.28. The molecule has 0 heteroatoms. The van der Waals surface area contributed by atoms with Gasteiger partial charge in [-0.1, -0.05) is 80.9 Å². The summed E-state index contributed by atoms with van der Waals surface area (Å²) in [6.45, 7) is 4.25. The Kier molecular flexibility index (Phi) is 6.02. The molecule has 0 aliphatic carbocycles. The maximum absolute atomic E-state index is 2.16. The van der Waals surface area contributed by atoms with Crippen molar-refractivity contribution in [1.82, 2.24) is 0 Å². The van der Waals surface area contributed by atoms with Gasteiger partial charge in [0, 0.05) is 0 Å². The van der Waals surface area contributed by atoms with Crippen molar-refractivity contribution in [1.29, 1.82) is 0 Å². The quantitative estimate of drug-likeness (QED) is 0.677. The molecule has 84 valence electrons. The molecule has 16 heavy (non-hydrogen) atoms. The Bertz CT molecular complexity index is 324. The van der Waals surface area contributed by atoms with Gasteiger partial charge in [0.05, 0.1) is 0 Å². The molecule has 0 amide bonds. The molecule has 0 heterocycles. The monoisotopic (exact) mass is 212 g/mol. The van der Waals surface area contributed by atoms with Crippen molar-refractivity contribution < 1.29 is 0 Å². The van der Waals surface area contributed by atoms with Gasteiger partial charge >= 0.3 is 0 Å². The van der Waals surface area contributed by atoms with Gasteiger partial charge in [-0.2, -0.15) is 0 Å². The van der Waals surface area contributed by atoms with Crippen LogP contribution in [0.3, 0.4) is 0 Å². The average molecular weight is 212 g/mol. The van der Waals surface area contributed by atoms with E-state index in [1.807, 2.05) is 0 Å². The van der Waals surface area contributed by atoms with Crippen molar-refractivity contribution in [2.75, 3.05) is 0 Å². The highest BCUT2D eigenvalue weighted by Crippen LogP contribution is 2.07. The molecule has 2 aromatic rings. The Morgan fingerprint density at radius 3 is 1.25 bits per heavy atom. The van der Waals surface area contributed by atoms with E-state index in [9.17, 15) is 0 Å². The Morgan fingerprint density at radius 1 is 0.625 bits per heavy atom. The van der Waals surface area contributed by atoms with Crippen molar-refractivity contribution >= 4 is 0 Å². The maximum atomic E-state index is 2.16. The topological polar surface area (TPSA) is 0 Å². The lowest BCUT2D eigenvalue weighted by atomic mass is 10.1. The van der Waals surface area contributed by atoms with E-state index in [2.05, 4.69) is 74.5 Å². The second kappa shape index (κ2) is 7.70. The first-order valence-electron chi connectivity index (χ1n) is 5.94. The fourth-order valence-corrected chi connectivity index (χ4v) is 1.43. The number of benzene rings is 2. The van der Waals surface area contributed by atoms with Crippen LogP contribution >= 0.6 is 0 Å². The molecule has 0 N–H and O–H groups in total. The lowest BCUT2D eigenvalue weighted by Gasteiger charge is -2.00. The van der Waals surface area contributed by atoms with Crippen molar-refractivity contribution in [3.8, 4) is 0 Å². The van der Waals surface area contributed by atoms with Gasteiger partial charge in [-0.05, 0) is 17.5 Å². The Hall–Kier alpha value is -1.56. The predicted molar refractivity (Wildman–Crippen MR) is 71.7 cm³/mol. The van der Waals surface area contributed by atoms with Crippen LogP contribution in [0.2, 0.25) is 0 Å². The van der Waals surface area contributed by atoms with Crippen LogP contribution in [0.5, 0.6) is 0 Å². The summed E-state index contributed by atoms with van der Waals surface area (Å²) >= 11 is 0. The molecular formula is C16H20. The highest BCUT2D eigenvalue weighted by atomic mass is 14.0. The van der Waals surface area contributed by atoms with Gasteiger partial charge in [-0.25, -0.2) is 0 Å². The minimum absolute atomic E-state index is 1.03. The molecule has 0 atom stereocenters. The van der Waals surface area contributed by atoms with Crippen LogP contribution in [-0.4, -0.2) is 0 Å². The van der Waals surface area contributed by atoms with Crippen LogP contribution in [0.25, 0.3) is 0 Å². The molecule has 0 bridgehead atoms. The third kappa shape index (κ3) is 4.79. The zero-order valence-electron chi connectivity index (χ0n) is 10.2. The summed E-state index contributed by atoms with van der Waals surface area (Å²) in [5, 5.41) is 0. The first-order valence-corrected chi connectivity index (χ1v) is 5.94.